The Morgan fingerprint density at radius 3 is 2.88 bits per heavy atom. The lowest BCUT2D eigenvalue weighted by atomic mass is 10.1. The van der Waals surface area contributed by atoms with Gasteiger partial charge in [-0.15, -0.1) is 10.2 Å². The lowest BCUT2D eigenvalue weighted by Gasteiger charge is -2.09. The third-order valence-electron chi connectivity index (χ3n) is 3.88. The average molecular weight is 354 g/mol. The van der Waals surface area contributed by atoms with Crippen molar-refractivity contribution in [3.05, 3.63) is 65.2 Å². The van der Waals surface area contributed by atoms with Crippen molar-refractivity contribution in [1.82, 2.24) is 10.2 Å². The Kier molecular flexibility index (Phi) is 3.74. The molecule has 0 saturated heterocycles. The summed E-state index contributed by atoms with van der Waals surface area (Å²) in [5.74, 6) is 0.255. The Morgan fingerprint density at radius 2 is 2.08 bits per heavy atom. The Hall–Kier alpha value is -3.12. The molecule has 0 radical (unpaired) electrons. The summed E-state index contributed by atoms with van der Waals surface area (Å²) in [6.07, 6.45) is 1.26. The van der Waals surface area contributed by atoms with Crippen LogP contribution >= 0.6 is 11.6 Å². The second-order valence-electron chi connectivity index (χ2n) is 5.47. The van der Waals surface area contributed by atoms with E-state index in [2.05, 4.69) is 15.5 Å². The molecule has 4 aromatic rings. The van der Waals surface area contributed by atoms with Crippen molar-refractivity contribution >= 4 is 34.2 Å². The molecule has 0 atom stereocenters. The summed E-state index contributed by atoms with van der Waals surface area (Å²) in [6.45, 7) is 1.87. The molecular formula is C18H12ClN3O3. The van der Waals surface area contributed by atoms with E-state index in [-0.39, 0.29) is 11.7 Å². The number of hydrogen-bond donors (Lipinski definition) is 1. The predicted octanol–water partition coefficient (Wildman–Crippen LogP) is 4.70. The number of furan rings is 1. The molecule has 0 aliphatic rings. The molecule has 0 saturated carbocycles. The quantitative estimate of drug-likeness (QED) is 0.577. The lowest BCUT2D eigenvalue weighted by Crippen LogP contribution is -2.12. The van der Waals surface area contributed by atoms with Crippen molar-refractivity contribution in [2.75, 3.05) is 5.32 Å². The number of carbonyl (C=O) groups excluding carboxylic acids is 1. The molecular weight excluding hydrogens is 342 g/mol. The topological polar surface area (TPSA) is 81.2 Å². The molecule has 4 rings (SSSR count). The molecule has 1 N–H and O–H groups in total. The normalized spacial score (nSPS) is 11.0. The van der Waals surface area contributed by atoms with Crippen LogP contribution in [0.15, 0.2) is 57.7 Å². The van der Waals surface area contributed by atoms with E-state index in [4.69, 9.17) is 20.4 Å². The average Bonchev–Trinajstić information content (AvgIpc) is 3.25. The van der Waals surface area contributed by atoms with Crippen molar-refractivity contribution < 1.29 is 13.6 Å². The summed E-state index contributed by atoms with van der Waals surface area (Å²) in [5.41, 5.74) is 2.78. The van der Waals surface area contributed by atoms with Gasteiger partial charge in [0.25, 0.3) is 5.91 Å². The fraction of sp³-hybridized carbons (Fsp3) is 0.0556. The number of amides is 1. The molecule has 2 heterocycles. The first-order valence-electron chi connectivity index (χ1n) is 7.48. The third kappa shape index (κ3) is 2.88. The fourth-order valence-electron chi connectivity index (χ4n) is 2.59. The lowest BCUT2D eigenvalue weighted by molar-refractivity contribution is 0.0998. The third-order valence-corrected chi connectivity index (χ3v) is 4.11. The second-order valence-corrected chi connectivity index (χ2v) is 5.91. The standard InChI is InChI=1S/C18H12ClN3O3/c1-10-13(18-22-20-9-24-18)3-2-4-14(10)21-17(23)16-7-11-5-6-12(19)8-15(11)25-16/h2-9H,1H3,(H,21,23). The Balaban J connectivity index is 1.65. The van der Waals surface area contributed by atoms with Crippen LogP contribution in [-0.2, 0) is 0 Å². The number of hydrogen-bond acceptors (Lipinski definition) is 5. The van der Waals surface area contributed by atoms with E-state index in [9.17, 15) is 4.79 Å². The van der Waals surface area contributed by atoms with Gasteiger partial charge < -0.3 is 14.2 Å². The van der Waals surface area contributed by atoms with Gasteiger partial charge >= 0.3 is 0 Å². The number of benzene rings is 2. The van der Waals surface area contributed by atoms with Gasteiger partial charge in [0.05, 0.1) is 0 Å². The van der Waals surface area contributed by atoms with Crippen LogP contribution in [0.1, 0.15) is 16.1 Å². The molecule has 1 amide bonds. The fourth-order valence-corrected chi connectivity index (χ4v) is 2.76. The summed E-state index contributed by atoms with van der Waals surface area (Å²) < 4.78 is 10.8. The summed E-state index contributed by atoms with van der Waals surface area (Å²) >= 11 is 5.94. The number of fused-ring (bicyclic) bond motifs is 1. The summed E-state index contributed by atoms with van der Waals surface area (Å²) in [5, 5.41) is 11.8. The van der Waals surface area contributed by atoms with Gasteiger partial charge in [-0.1, -0.05) is 17.7 Å². The number of halogens is 1. The number of carbonyl (C=O) groups is 1. The van der Waals surface area contributed by atoms with Crippen molar-refractivity contribution in [3.8, 4) is 11.5 Å². The van der Waals surface area contributed by atoms with Crippen molar-refractivity contribution in [2.45, 2.75) is 6.92 Å². The molecule has 6 nitrogen and oxygen atoms in total. The number of nitrogens with zero attached hydrogens (tertiary/aromatic N) is 2. The summed E-state index contributed by atoms with van der Waals surface area (Å²) in [6, 6.07) is 12.4. The van der Waals surface area contributed by atoms with Gasteiger partial charge in [-0.05, 0) is 42.8 Å². The maximum absolute atomic E-state index is 12.5. The van der Waals surface area contributed by atoms with E-state index in [0.717, 1.165) is 16.5 Å². The number of rotatable bonds is 3. The first-order chi connectivity index (χ1) is 12.1. The molecule has 7 heteroatoms. The molecule has 0 fully saturated rings. The highest BCUT2D eigenvalue weighted by Crippen LogP contribution is 2.28. The first-order valence-corrected chi connectivity index (χ1v) is 7.86. The van der Waals surface area contributed by atoms with Gasteiger partial charge in [0.1, 0.15) is 5.58 Å². The molecule has 124 valence electrons. The highest BCUT2D eigenvalue weighted by Gasteiger charge is 2.16. The molecule has 0 aliphatic carbocycles. The smallest absolute Gasteiger partial charge is 0.291 e. The molecule has 25 heavy (non-hydrogen) atoms. The minimum Gasteiger partial charge on any atom is -0.451 e. The van der Waals surface area contributed by atoms with Crippen LogP contribution in [-0.4, -0.2) is 16.1 Å². The van der Waals surface area contributed by atoms with Crippen LogP contribution in [0.2, 0.25) is 5.02 Å². The largest absolute Gasteiger partial charge is 0.451 e. The number of anilines is 1. The van der Waals surface area contributed by atoms with Crippen LogP contribution in [0.25, 0.3) is 22.4 Å². The van der Waals surface area contributed by atoms with Gasteiger partial charge in [-0.25, -0.2) is 0 Å². The summed E-state index contributed by atoms with van der Waals surface area (Å²) in [7, 11) is 0. The first kappa shape index (κ1) is 15.4. The molecule has 0 aliphatic heterocycles. The highest BCUT2D eigenvalue weighted by atomic mass is 35.5. The van der Waals surface area contributed by atoms with Crippen molar-refractivity contribution in [1.29, 1.82) is 0 Å². The minimum atomic E-state index is -0.349. The Labute approximate surface area is 147 Å². The van der Waals surface area contributed by atoms with Gasteiger partial charge in [0.15, 0.2) is 5.76 Å². The van der Waals surface area contributed by atoms with Gasteiger partial charge in [-0.2, -0.15) is 0 Å². The van der Waals surface area contributed by atoms with Crippen LogP contribution in [0.3, 0.4) is 0 Å². The van der Waals surface area contributed by atoms with E-state index < -0.39 is 0 Å². The van der Waals surface area contributed by atoms with Crippen molar-refractivity contribution in [3.63, 3.8) is 0 Å². The van der Waals surface area contributed by atoms with E-state index >= 15 is 0 Å². The molecule has 0 bridgehead atoms. The van der Waals surface area contributed by atoms with Crippen LogP contribution < -0.4 is 5.32 Å². The van der Waals surface area contributed by atoms with E-state index in [1.165, 1.54) is 6.39 Å². The molecule has 2 aromatic carbocycles. The maximum Gasteiger partial charge on any atom is 0.291 e. The van der Waals surface area contributed by atoms with E-state index in [1.54, 1.807) is 36.4 Å². The SMILES string of the molecule is Cc1c(NC(=O)c2cc3ccc(Cl)cc3o2)cccc1-c1nnco1. The van der Waals surface area contributed by atoms with Gasteiger partial charge in [0.2, 0.25) is 12.3 Å². The monoisotopic (exact) mass is 353 g/mol. The van der Waals surface area contributed by atoms with Crippen molar-refractivity contribution in [2.24, 2.45) is 0 Å². The maximum atomic E-state index is 12.5. The second kappa shape index (κ2) is 6.07. The molecule has 0 unspecified atom stereocenters. The van der Waals surface area contributed by atoms with Crippen LogP contribution in [0.4, 0.5) is 5.69 Å². The summed E-state index contributed by atoms with van der Waals surface area (Å²) in [4.78, 5) is 12.5. The van der Waals surface area contributed by atoms with Crippen LogP contribution in [0.5, 0.6) is 0 Å². The highest BCUT2D eigenvalue weighted by molar-refractivity contribution is 6.31. The molecule has 2 aromatic heterocycles. The molecule has 0 spiro atoms. The van der Waals surface area contributed by atoms with Crippen LogP contribution in [0, 0.1) is 6.92 Å². The minimum absolute atomic E-state index is 0.208. The number of aromatic nitrogens is 2. The number of nitrogens with one attached hydrogen (secondary N) is 1. The zero-order valence-electron chi connectivity index (χ0n) is 13.1. The van der Waals surface area contributed by atoms with E-state index in [0.29, 0.717) is 22.2 Å². The Bertz CT molecular complexity index is 1070. The predicted molar refractivity (Wildman–Crippen MR) is 93.6 cm³/mol. The Morgan fingerprint density at radius 1 is 1.20 bits per heavy atom. The zero-order chi connectivity index (χ0) is 17.4. The van der Waals surface area contributed by atoms with Gasteiger partial charge in [0, 0.05) is 27.7 Å². The van der Waals surface area contributed by atoms with Gasteiger partial charge in [-0.3, -0.25) is 4.79 Å². The van der Waals surface area contributed by atoms with E-state index in [1.807, 2.05) is 13.0 Å². The zero-order valence-corrected chi connectivity index (χ0v) is 13.9.